The molecule has 0 unspecified atom stereocenters. The zero-order chi connectivity index (χ0) is 15.3. The number of para-hydroxylation sites is 1. The first-order chi connectivity index (χ1) is 9.26. The van der Waals surface area contributed by atoms with Crippen LogP contribution in [0.1, 0.15) is 37.6 Å². The number of nitrogens with two attached hydrogens (primary N) is 2. The number of nitrogen functional groups attached to an aromatic ring is 1. The standard InChI is InChI=1S/C14H21N3O3/c1-4-20-13(19)9-6-5-7-10(15)12(9)17-14(2,3)8-11(16)18/h5-7,17H,4,8,15H2,1-3H3,(H2,16,18). The van der Waals surface area contributed by atoms with E-state index < -0.39 is 17.4 Å². The third-order valence-electron chi connectivity index (χ3n) is 2.67. The molecule has 0 aliphatic heterocycles. The lowest BCUT2D eigenvalue weighted by Gasteiger charge is -2.28. The Balaban J connectivity index is 3.10. The predicted molar refractivity (Wildman–Crippen MR) is 78.3 cm³/mol. The molecule has 0 aromatic heterocycles. The number of primary amides is 1. The zero-order valence-corrected chi connectivity index (χ0v) is 12.0. The lowest BCUT2D eigenvalue weighted by atomic mass is 9.98. The highest BCUT2D eigenvalue weighted by Gasteiger charge is 2.24. The van der Waals surface area contributed by atoms with Crippen molar-refractivity contribution in [2.45, 2.75) is 32.7 Å². The van der Waals surface area contributed by atoms with Crippen molar-refractivity contribution in [2.24, 2.45) is 5.73 Å². The molecule has 1 aromatic carbocycles. The van der Waals surface area contributed by atoms with E-state index in [1.165, 1.54) is 0 Å². The van der Waals surface area contributed by atoms with Gasteiger partial charge in [-0.3, -0.25) is 4.79 Å². The van der Waals surface area contributed by atoms with Gasteiger partial charge >= 0.3 is 5.97 Å². The van der Waals surface area contributed by atoms with E-state index in [0.29, 0.717) is 16.9 Å². The van der Waals surface area contributed by atoms with E-state index in [1.807, 2.05) is 0 Å². The molecule has 0 atom stereocenters. The molecule has 0 aliphatic rings. The van der Waals surface area contributed by atoms with Gasteiger partial charge in [-0.25, -0.2) is 4.79 Å². The molecule has 0 heterocycles. The number of carbonyl (C=O) groups is 2. The second kappa shape index (κ2) is 6.27. The van der Waals surface area contributed by atoms with Crippen LogP contribution in [0.2, 0.25) is 0 Å². The maximum atomic E-state index is 11.9. The number of hydrogen-bond donors (Lipinski definition) is 3. The second-order valence-electron chi connectivity index (χ2n) is 5.14. The van der Waals surface area contributed by atoms with Gasteiger partial charge in [-0.15, -0.1) is 0 Å². The summed E-state index contributed by atoms with van der Waals surface area (Å²) in [6, 6.07) is 4.97. The lowest BCUT2D eigenvalue weighted by Crippen LogP contribution is -2.36. The summed E-state index contributed by atoms with van der Waals surface area (Å²) >= 11 is 0. The van der Waals surface area contributed by atoms with Crippen LogP contribution in [0.15, 0.2) is 18.2 Å². The van der Waals surface area contributed by atoms with Gasteiger partial charge < -0.3 is 21.5 Å². The molecule has 1 aromatic rings. The van der Waals surface area contributed by atoms with Crippen LogP contribution in [-0.4, -0.2) is 24.0 Å². The summed E-state index contributed by atoms with van der Waals surface area (Å²) in [4.78, 5) is 23.0. The van der Waals surface area contributed by atoms with Crippen molar-refractivity contribution in [3.05, 3.63) is 23.8 Å². The van der Waals surface area contributed by atoms with E-state index in [-0.39, 0.29) is 13.0 Å². The Bertz CT molecular complexity index is 512. The molecule has 0 bridgehead atoms. The topological polar surface area (TPSA) is 107 Å². The largest absolute Gasteiger partial charge is 0.462 e. The molecule has 20 heavy (non-hydrogen) atoms. The number of rotatable bonds is 6. The second-order valence-corrected chi connectivity index (χ2v) is 5.14. The molecular formula is C14H21N3O3. The maximum Gasteiger partial charge on any atom is 0.340 e. The Morgan fingerprint density at radius 3 is 2.55 bits per heavy atom. The van der Waals surface area contributed by atoms with Crippen LogP contribution < -0.4 is 16.8 Å². The number of nitrogens with one attached hydrogen (secondary N) is 1. The van der Waals surface area contributed by atoms with Crippen LogP contribution in [-0.2, 0) is 9.53 Å². The van der Waals surface area contributed by atoms with Gasteiger partial charge in [0, 0.05) is 12.0 Å². The Labute approximate surface area is 118 Å². The Kier molecular flexibility index (Phi) is 4.96. The van der Waals surface area contributed by atoms with Crippen molar-refractivity contribution < 1.29 is 14.3 Å². The molecule has 0 aliphatic carbocycles. The van der Waals surface area contributed by atoms with E-state index in [4.69, 9.17) is 16.2 Å². The molecule has 5 N–H and O–H groups in total. The smallest absolute Gasteiger partial charge is 0.340 e. The Hall–Kier alpha value is -2.24. The number of ether oxygens (including phenoxy) is 1. The third-order valence-corrected chi connectivity index (χ3v) is 2.67. The molecule has 6 heteroatoms. The quantitative estimate of drug-likeness (QED) is 0.540. The molecule has 6 nitrogen and oxygen atoms in total. The number of hydrogen-bond acceptors (Lipinski definition) is 5. The lowest BCUT2D eigenvalue weighted by molar-refractivity contribution is -0.118. The van der Waals surface area contributed by atoms with Crippen molar-refractivity contribution >= 4 is 23.3 Å². The molecule has 1 amide bonds. The van der Waals surface area contributed by atoms with Crippen molar-refractivity contribution in [1.82, 2.24) is 0 Å². The van der Waals surface area contributed by atoms with E-state index in [0.717, 1.165) is 0 Å². The van der Waals surface area contributed by atoms with Crippen molar-refractivity contribution in [3.63, 3.8) is 0 Å². The van der Waals surface area contributed by atoms with E-state index in [2.05, 4.69) is 5.32 Å². The first-order valence-corrected chi connectivity index (χ1v) is 6.39. The number of esters is 1. The third kappa shape index (κ3) is 4.15. The van der Waals surface area contributed by atoms with Gasteiger partial charge in [0.15, 0.2) is 0 Å². The summed E-state index contributed by atoms with van der Waals surface area (Å²) in [6.45, 7) is 5.62. The summed E-state index contributed by atoms with van der Waals surface area (Å²) in [5, 5.41) is 3.10. The molecule has 0 saturated heterocycles. The van der Waals surface area contributed by atoms with Gasteiger partial charge in [0.2, 0.25) is 5.91 Å². The average Bonchev–Trinajstić information content (AvgIpc) is 2.30. The number of amides is 1. The minimum Gasteiger partial charge on any atom is -0.462 e. The molecule has 1 rings (SSSR count). The van der Waals surface area contributed by atoms with Crippen LogP contribution in [0.25, 0.3) is 0 Å². The van der Waals surface area contributed by atoms with Crippen LogP contribution in [0.5, 0.6) is 0 Å². The molecule has 0 spiro atoms. The average molecular weight is 279 g/mol. The Morgan fingerprint density at radius 1 is 1.35 bits per heavy atom. The first kappa shape index (κ1) is 15.8. The SMILES string of the molecule is CCOC(=O)c1cccc(N)c1NC(C)(C)CC(N)=O. The highest BCUT2D eigenvalue weighted by molar-refractivity contribution is 5.99. The van der Waals surface area contributed by atoms with Crippen molar-refractivity contribution in [3.8, 4) is 0 Å². The van der Waals surface area contributed by atoms with Gasteiger partial charge in [0.1, 0.15) is 0 Å². The summed E-state index contributed by atoms with van der Waals surface area (Å²) in [7, 11) is 0. The molecule has 0 fully saturated rings. The summed E-state index contributed by atoms with van der Waals surface area (Å²) in [6.07, 6.45) is 0.115. The van der Waals surface area contributed by atoms with E-state index in [1.54, 1.807) is 39.0 Å². The van der Waals surface area contributed by atoms with Crippen LogP contribution in [0.3, 0.4) is 0 Å². The number of benzene rings is 1. The van der Waals surface area contributed by atoms with Gasteiger partial charge in [-0.1, -0.05) is 6.07 Å². The summed E-state index contributed by atoms with van der Waals surface area (Å²) in [5.74, 6) is -0.896. The molecular weight excluding hydrogens is 258 g/mol. The highest BCUT2D eigenvalue weighted by atomic mass is 16.5. The fraction of sp³-hybridized carbons (Fsp3) is 0.429. The van der Waals surface area contributed by atoms with Gasteiger partial charge in [0.25, 0.3) is 0 Å². The van der Waals surface area contributed by atoms with E-state index in [9.17, 15) is 9.59 Å². The fourth-order valence-corrected chi connectivity index (χ4v) is 1.91. The summed E-state index contributed by atoms with van der Waals surface area (Å²) in [5.41, 5.74) is 11.7. The molecule has 110 valence electrons. The Morgan fingerprint density at radius 2 is 2.00 bits per heavy atom. The van der Waals surface area contributed by atoms with E-state index >= 15 is 0 Å². The zero-order valence-electron chi connectivity index (χ0n) is 12.0. The first-order valence-electron chi connectivity index (χ1n) is 6.39. The normalized spacial score (nSPS) is 10.9. The van der Waals surface area contributed by atoms with Crippen LogP contribution in [0, 0.1) is 0 Å². The number of carbonyl (C=O) groups excluding carboxylic acids is 2. The minimum atomic E-state index is -0.622. The summed E-state index contributed by atoms with van der Waals surface area (Å²) < 4.78 is 4.99. The maximum absolute atomic E-state index is 11.9. The predicted octanol–water partition coefficient (Wildman–Crippen LogP) is 1.51. The van der Waals surface area contributed by atoms with Crippen LogP contribution in [0.4, 0.5) is 11.4 Å². The van der Waals surface area contributed by atoms with Crippen molar-refractivity contribution in [1.29, 1.82) is 0 Å². The molecule has 0 saturated carbocycles. The molecule has 0 radical (unpaired) electrons. The number of anilines is 2. The van der Waals surface area contributed by atoms with Gasteiger partial charge in [-0.2, -0.15) is 0 Å². The van der Waals surface area contributed by atoms with Crippen molar-refractivity contribution in [2.75, 3.05) is 17.7 Å². The monoisotopic (exact) mass is 279 g/mol. The van der Waals surface area contributed by atoms with Gasteiger partial charge in [-0.05, 0) is 32.9 Å². The van der Waals surface area contributed by atoms with Crippen LogP contribution >= 0.6 is 0 Å². The fourth-order valence-electron chi connectivity index (χ4n) is 1.91. The highest BCUT2D eigenvalue weighted by Crippen LogP contribution is 2.28. The minimum absolute atomic E-state index is 0.115. The van der Waals surface area contributed by atoms with Gasteiger partial charge in [0.05, 0.1) is 23.5 Å².